The highest BCUT2D eigenvalue weighted by molar-refractivity contribution is 6.29. The van der Waals surface area contributed by atoms with Gasteiger partial charge in [0.2, 0.25) is 5.95 Å². The van der Waals surface area contributed by atoms with Crippen molar-refractivity contribution in [3.05, 3.63) is 17.4 Å². The van der Waals surface area contributed by atoms with Crippen molar-refractivity contribution < 1.29 is 4.74 Å². The van der Waals surface area contributed by atoms with Gasteiger partial charge in [-0.1, -0.05) is 11.6 Å². The first-order valence-corrected chi connectivity index (χ1v) is 6.07. The van der Waals surface area contributed by atoms with Crippen LogP contribution in [0.2, 0.25) is 5.15 Å². The Morgan fingerprint density at radius 3 is 2.75 bits per heavy atom. The maximum Gasteiger partial charge on any atom is 0.227 e. The van der Waals surface area contributed by atoms with Crippen LogP contribution in [0.3, 0.4) is 0 Å². The minimum absolute atomic E-state index is 0.422. The molecule has 1 aromatic rings. The lowest BCUT2D eigenvalue weighted by molar-refractivity contribution is 0.0452. The average Bonchev–Trinajstić information content (AvgIpc) is 2.28. The number of anilines is 1. The number of fused-ring (bicyclic) bond motifs is 2. The second-order valence-corrected chi connectivity index (χ2v) is 4.75. The van der Waals surface area contributed by atoms with Gasteiger partial charge in [0.1, 0.15) is 5.15 Å². The molecule has 0 aromatic carbocycles. The highest BCUT2D eigenvalue weighted by Crippen LogP contribution is 2.30. The van der Waals surface area contributed by atoms with E-state index >= 15 is 0 Å². The lowest BCUT2D eigenvalue weighted by Gasteiger charge is -2.45. The summed E-state index contributed by atoms with van der Waals surface area (Å²) in [7, 11) is 0. The van der Waals surface area contributed by atoms with Crippen molar-refractivity contribution in [3.63, 3.8) is 0 Å². The molecule has 16 heavy (non-hydrogen) atoms. The molecule has 2 bridgehead atoms. The monoisotopic (exact) mass is 239 g/mol. The van der Waals surface area contributed by atoms with E-state index in [1.807, 2.05) is 0 Å². The van der Waals surface area contributed by atoms with Gasteiger partial charge in [-0.2, -0.15) is 0 Å². The molecule has 0 spiro atoms. The van der Waals surface area contributed by atoms with Gasteiger partial charge in [-0.3, -0.25) is 0 Å². The Bertz CT molecular complexity index is 365. The highest BCUT2D eigenvalue weighted by Gasteiger charge is 2.36. The first kappa shape index (κ1) is 10.3. The largest absolute Gasteiger partial charge is 0.377 e. The number of hydrogen-bond donors (Lipinski definition) is 0. The fourth-order valence-corrected chi connectivity index (χ4v) is 2.74. The third kappa shape index (κ3) is 1.76. The number of aromatic nitrogens is 2. The molecule has 5 heteroatoms. The molecule has 3 heterocycles. The molecule has 2 saturated heterocycles. The van der Waals surface area contributed by atoms with Crippen LogP contribution in [-0.4, -0.2) is 35.3 Å². The number of hydrogen-bond acceptors (Lipinski definition) is 4. The summed E-state index contributed by atoms with van der Waals surface area (Å²) in [6.45, 7) is 1.57. The van der Waals surface area contributed by atoms with Gasteiger partial charge in [-0.05, 0) is 25.3 Å². The second-order valence-electron chi connectivity index (χ2n) is 4.36. The predicted octanol–water partition coefficient (Wildman–Crippen LogP) is 1.89. The molecule has 0 N–H and O–H groups in total. The Hall–Kier alpha value is -0.870. The topological polar surface area (TPSA) is 38.2 Å². The van der Waals surface area contributed by atoms with Gasteiger partial charge in [0.05, 0.1) is 25.3 Å². The molecule has 2 unspecified atom stereocenters. The maximum atomic E-state index is 5.91. The molecule has 0 aliphatic carbocycles. The van der Waals surface area contributed by atoms with E-state index in [0.717, 1.165) is 32.0 Å². The quantitative estimate of drug-likeness (QED) is 0.702. The first-order valence-electron chi connectivity index (χ1n) is 5.69. The Morgan fingerprint density at radius 1 is 1.31 bits per heavy atom. The zero-order valence-corrected chi connectivity index (χ0v) is 9.73. The normalized spacial score (nSPS) is 29.2. The summed E-state index contributed by atoms with van der Waals surface area (Å²) in [6.07, 6.45) is 5.31. The van der Waals surface area contributed by atoms with Crippen molar-refractivity contribution in [2.45, 2.75) is 31.3 Å². The van der Waals surface area contributed by atoms with Crippen molar-refractivity contribution in [2.24, 2.45) is 0 Å². The van der Waals surface area contributed by atoms with E-state index in [1.165, 1.54) is 6.42 Å². The molecule has 1 aromatic heterocycles. The fourth-order valence-electron chi connectivity index (χ4n) is 2.61. The molecule has 2 atom stereocenters. The number of morpholine rings is 1. The second kappa shape index (κ2) is 4.18. The minimum atomic E-state index is 0.422. The predicted molar refractivity (Wildman–Crippen MR) is 61.8 cm³/mol. The summed E-state index contributed by atoms with van der Waals surface area (Å²) in [4.78, 5) is 10.9. The standard InChI is InChI=1S/C11H14ClN3O/c12-10-4-5-13-11(14-10)15-8-2-1-3-9(15)7-16-6-8/h4-5,8-9H,1-3,6-7H2. The number of rotatable bonds is 1. The van der Waals surface area contributed by atoms with Crippen LogP contribution in [0.1, 0.15) is 19.3 Å². The average molecular weight is 240 g/mol. The first-order chi connectivity index (χ1) is 7.84. The molecule has 4 nitrogen and oxygen atoms in total. The van der Waals surface area contributed by atoms with Crippen LogP contribution in [0, 0.1) is 0 Å². The SMILES string of the molecule is Clc1ccnc(N2C3CCCC2COC3)n1. The molecule has 2 fully saturated rings. The molecule has 86 valence electrons. The van der Waals surface area contributed by atoms with E-state index in [4.69, 9.17) is 16.3 Å². The van der Waals surface area contributed by atoms with Crippen LogP contribution in [0.5, 0.6) is 0 Å². The summed E-state index contributed by atoms with van der Waals surface area (Å²) in [5.41, 5.74) is 0. The minimum Gasteiger partial charge on any atom is -0.377 e. The molecular formula is C11H14ClN3O. The lowest BCUT2D eigenvalue weighted by Crippen LogP contribution is -2.55. The van der Waals surface area contributed by atoms with Crippen LogP contribution < -0.4 is 4.90 Å². The van der Waals surface area contributed by atoms with E-state index in [2.05, 4.69) is 14.9 Å². The van der Waals surface area contributed by atoms with Gasteiger partial charge >= 0.3 is 0 Å². The molecular weight excluding hydrogens is 226 g/mol. The summed E-state index contributed by atoms with van der Waals surface area (Å²) >= 11 is 5.91. The summed E-state index contributed by atoms with van der Waals surface area (Å²) in [5, 5.41) is 0.509. The lowest BCUT2D eigenvalue weighted by atomic mass is 9.95. The Balaban J connectivity index is 1.92. The van der Waals surface area contributed by atoms with E-state index in [9.17, 15) is 0 Å². The number of halogens is 1. The van der Waals surface area contributed by atoms with E-state index in [0.29, 0.717) is 17.2 Å². The van der Waals surface area contributed by atoms with Gasteiger partial charge in [0, 0.05) is 6.20 Å². The third-order valence-electron chi connectivity index (χ3n) is 3.32. The Kier molecular flexibility index (Phi) is 2.69. The Morgan fingerprint density at radius 2 is 2.06 bits per heavy atom. The summed E-state index contributed by atoms with van der Waals surface area (Å²) < 4.78 is 5.59. The van der Waals surface area contributed by atoms with Gasteiger partial charge in [-0.25, -0.2) is 9.97 Å². The van der Waals surface area contributed by atoms with Gasteiger partial charge < -0.3 is 9.64 Å². The molecule has 0 saturated carbocycles. The summed E-state index contributed by atoms with van der Waals surface area (Å²) in [5.74, 6) is 0.755. The smallest absolute Gasteiger partial charge is 0.227 e. The van der Waals surface area contributed by atoms with Crippen LogP contribution in [0.25, 0.3) is 0 Å². The van der Waals surface area contributed by atoms with Crippen molar-refractivity contribution in [3.8, 4) is 0 Å². The van der Waals surface area contributed by atoms with Gasteiger partial charge in [-0.15, -0.1) is 0 Å². The van der Waals surface area contributed by atoms with Crippen LogP contribution in [-0.2, 0) is 4.74 Å². The number of piperidine rings is 1. The zero-order valence-electron chi connectivity index (χ0n) is 8.97. The fraction of sp³-hybridized carbons (Fsp3) is 0.636. The number of nitrogens with zero attached hydrogens (tertiary/aromatic N) is 3. The zero-order chi connectivity index (χ0) is 11.0. The number of ether oxygens (including phenoxy) is 1. The molecule has 0 amide bonds. The van der Waals surface area contributed by atoms with Crippen molar-refractivity contribution >= 4 is 17.5 Å². The summed E-state index contributed by atoms with van der Waals surface area (Å²) in [6, 6.07) is 2.55. The maximum absolute atomic E-state index is 5.91. The van der Waals surface area contributed by atoms with Crippen molar-refractivity contribution in [1.29, 1.82) is 0 Å². The highest BCUT2D eigenvalue weighted by atomic mass is 35.5. The van der Waals surface area contributed by atoms with Crippen molar-refractivity contribution in [1.82, 2.24) is 9.97 Å². The Labute approximate surface area is 99.6 Å². The van der Waals surface area contributed by atoms with Crippen LogP contribution in [0.15, 0.2) is 12.3 Å². The third-order valence-corrected chi connectivity index (χ3v) is 3.53. The van der Waals surface area contributed by atoms with E-state index in [1.54, 1.807) is 12.3 Å². The van der Waals surface area contributed by atoms with Crippen LogP contribution >= 0.6 is 11.6 Å². The molecule has 0 radical (unpaired) electrons. The van der Waals surface area contributed by atoms with E-state index < -0.39 is 0 Å². The molecule has 2 aliphatic heterocycles. The van der Waals surface area contributed by atoms with Crippen molar-refractivity contribution in [2.75, 3.05) is 18.1 Å². The molecule has 2 aliphatic rings. The van der Waals surface area contributed by atoms with Gasteiger partial charge in [0.15, 0.2) is 0 Å². The van der Waals surface area contributed by atoms with Gasteiger partial charge in [0.25, 0.3) is 0 Å². The molecule has 3 rings (SSSR count). The van der Waals surface area contributed by atoms with Crippen LogP contribution in [0.4, 0.5) is 5.95 Å². The van der Waals surface area contributed by atoms with E-state index in [-0.39, 0.29) is 0 Å².